The summed E-state index contributed by atoms with van der Waals surface area (Å²) in [6.07, 6.45) is 1.04. The highest BCUT2D eigenvalue weighted by Gasteiger charge is 2.10. The van der Waals surface area contributed by atoms with Gasteiger partial charge in [0.1, 0.15) is 0 Å². The van der Waals surface area contributed by atoms with Gasteiger partial charge < -0.3 is 10.4 Å². The molecule has 1 atom stereocenters. The molecule has 2 amide bonds. The number of urea groups is 1. The SMILES string of the molecule is Cn1ccc(NC(=O)NCC(O)c2ccsc2)n1. The maximum atomic E-state index is 11.5. The predicted octanol–water partition coefficient (Wildman–Crippen LogP) is 1.34. The molecule has 0 spiro atoms. The molecule has 2 rings (SSSR count). The first-order chi connectivity index (χ1) is 8.65. The third-order valence-electron chi connectivity index (χ3n) is 2.34. The Morgan fingerprint density at radius 3 is 3.06 bits per heavy atom. The van der Waals surface area contributed by atoms with Gasteiger partial charge in [0, 0.05) is 25.9 Å². The Labute approximate surface area is 108 Å². The van der Waals surface area contributed by atoms with E-state index in [0.29, 0.717) is 5.82 Å². The Bertz CT molecular complexity index is 509. The van der Waals surface area contributed by atoms with Crippen molar-refractivity contribution in [2.75, 3.05) is 11.9 Å². The van der Waals surface area contributed by atoms with Crippen LogP contribution in [0.4, 0.5) is 10.6 Å². The molecular formula is C11H14N4O2S. The van der Waals surface area contributed by atoms with Crippen molar-refractivity contribution in [2.45, 2.75) is 6.10 Å². The molecule has 6 nitrogen and oxygen atoms in total. The van der Waals surface area contributed by atoms with Gasteiger partial charge in [-0.15, -0.1) is 0 Å². The van der Waals surface area contributed by atoms with E-state index < -0.39 is 6.10 Å². The van der Waals surface area contributed by atoms with Crippen LogP contribution in [-0.2, 0) is 7.05 Å². The molecule has 2 aromatic heterocycles. The van der Waals surface area contributed by atoms with E-state index in [1.54, 1.807) is 24.0 Å². The molecule has 0 aromatic carbocycles. The Morgan fingerprint density at radius 1 is 1.61 bits per heavy atom. The number of aryl methyl sites for hydroxylation is 1. The van der Waals surface area contributed by atoms with Crippen molar-refractivity contribution in [3.63, 3.8) is 0 Å². The molecule has 18 heavy (non-hydrogen) atoms. The minimum absolute atomic E-state index is 0.162. The number of nitrogens with zero attached hydrogens (tertiary/aromatic N) is 2. The Hall–Kier alpha value is -1.86. The Kier molecular flexibility index (Phi) is 3.96. The smallest absolute Gasteiger partial charge is 0.320 e. The lowest BCUT2D eigenvalue weighted by atomic mass is 10.2. The number of nitrogens with one attached hydrogen (secondary N) is 2. The van der Waals surface area contributed by atoms with E-state index in [0.717, 1.165) is 5.56 Å². The van der Waals surface area contributed by atoms with E-state index >= 15 is 0 Å². The lowest BCUT2D eigenvalue weighted by Crippen LogP contribution is -2.32. The number of rotatable bonds is 4. The molecule has 96 valence electrons. The fraction of sp³-hybridized carbons (Fsp3) is 0.273. The third kappa shape index (κ3) is 3.31. The van der Waals surface area contributed by atoms with Crippen molar-refractivity contribution in [3.8, 4) is 0 Å². The van der Waals surface area contributed by atoms with Gasteiger partial charge in [-0.25, -0.2) is 4.79 Å². The minimum atomic E-state index is -0.689. The van der Waals surface area contributed by atoms with Gasteiger partial charge >= 0.3 is 6.03 Å². The number of aliphatic hydroxyl groups is 1. The van der Waals surface area contributed by atoms with Crippen LogP contribution in [0.5, 0.6) is 0 Å². The maximum absolute atomic E-state index is 11.5. The average Bonchev–Trinajstić information content (AvgIpc) is 2.97. The monoisotopic (exact) mass is 266 g/mol. The normalized spacial score (nSPS) is 12.1. The van der Waals surface area contributed by atoms with Gasteiger partial charge in [0.05, 0.1) is 6.10 Å². The zero-order valence-electron chi connectivity index (χ0n) is 9.83. The van der Waals surface area contributed by atoms with E-state index in [-0.39, 0.29) is 12.6 Å². The van der Waals surface area contributed by atoms with Gasteiger partial charge in [-0.2, -0.15) is 16.4 Å². The number of carbonyl (C=O) groups excluding carboxylic acids is 1. The second-order valence-electron chi connectivity index (χ2n) is 3.78. The van der Waals surface area contributed by atoms with E-state index in [9.17, 15) is 9.90 Å². The standard InChI is InChI=1S/C11H14N4O2S/c1-15-4-2-10(14-15)13-11(17)12-6-9(16)8-3-5-18-7-8/h2-5,7,9,16H,6H2,1H3,(H2,12,13,14,17). The lowest BCUT2D eigenvalue weighted by molar-refractivity contribution is 0.175. The van der Waals surface area contributed by atoms with Crippen molar-refractivity contribution < 1.29 is 9.90 Å². The second-order valence-corrected chi connectivity index (χ2v) is 4.56. The fourth-order valence-corrected chi connectivity index (χ4v) is 2.12. The molecule has 0 aliphatic heterocycles. The van der Waals surface area contributed by atoms with Crippen molar-refractivity contribution in [3.05, 3.63) is 34.7 Å². The summed E-state index contributed by atoms with van der Waals surface area (Å²) in [6.45, 7) is 0.162. The molecule has 0 saturated carbocycles. The first-order valence-electron chi connectivity index (χ1n) is 5.40. The van der Waals surface area contributed by atoms with Crippen LogP contribution >= 0.6 is 11.3 Å². The van der Waals surface area contributed by atoms with Crippen molar-refractivity contribution in [1.29, 1.82) is 0 Å². The third-order valence-corrected chi connectivity index (χ3v) is 3.04. The number of hydrogen-bond acceptors (Lipinski definition) is 4. The summed E-state index contributed by atoms with van der Waals surface area (Å²) in [7, 11) is 1.77. The Morgan fingerprint density at radius 2 is 2.44 bits per heavy atom. The van der Waals surface area contributed by atoms with Crippen LogP contribution in [0.2, 0.25) is 0 Å². The van der Waals surface area contributed by atoms with Crippen LogP contribution in [0.1, 0.15) is 11.7 Å². The van der Waals surface area contributed by atoms with E-state index in [2.05, 4.69) is 15.7 Å². The summed E-state index contributed by atoms with van der Waals surface area (Å²) in [4.78, 5) is 11.5. The molecule has 0 aliphatic rings. The molecular weight excluding hydrogens is 252 g/mol. The fourth-order valence-electron chi connectivity index (χ4n) is 1.41. The molecule has 0 saturated heterocycles. The molecule has 0 aliphatic carbocycles. The van der Waals surface area contributed by atoms with Gasteiger partial charge in [-0.3, -0.25) is 10.00 Å². The van der Waals surface area contributed by atoms with Gasteiger partial charge in [0.25, 0.3) is 0 Å². The summed E-state index contributed by atoms with van der Waals surface area (Å²) in [5.41, 5.74) is 0.804. The Balaban J connectivity index is 1.78. The highest BCUT2D eigenvalue weighted by Crippen LogP contribution is 2.15. The number of carbonyl (C=O) groups is 1. The quantitative estimate of drug-likeness (QED) is 0.781. The summed E-state index contributed by atoms with van der Waals surface area (Å²) in [5, 5.41) is 22.7. The average molecular weight is 266 g/mol. The maximum Gasteiger partial charge on any atom is 0.320 e. The van der Waals surface area contributed by atoms with Crippen molar-refractivity contribution in [1.82, 2.24) is 15.1 Å². The first kappa shape index (κ1) is 12.6. The second kappa shape index (κ2) is 5.65. The van der Waals surface area contributed by atoms with Crippen molar-refractivity contribution >= 4 is 23.2 Å². The molecule has 3 N–H and O–H groups in total. The largest absolute Gasteiger partial charge is 0.387 e. The van der Waals surface area contributed by atoms with Crippen LogP contribution in [0.3, 0.4) is 0 Å². The molecule has 1 unspecified atom stereocenters. The van der Waals surface area contributed by atoms with E-state index in [1.807, 2.05) is 16.8 Å². The molecule has 0 radical (unpaired) electrons. The van der Waals surface area contributed by atoms with Crippen molar-refractivity contribution in [2.24, 2.45) is 7.05 Å². The highest BCUT2D eigenvalue weighted by molar-refractivity contribution is 7.07. The predicted molar refractivity (Wildman–Crippen MR) is 69.5 cm³/mol. The number of amides is 2. The molecule has 7 heteroatoms. The van der Waals surface area contributed by atoms with Crippen LogP contribution in [0.15, 0.2) is 29.1 Å². The summed E-state index contributed by atoms with van der Waals surface area (Å²) >= 11 is 1.51. The summed E-state index contributed by atoms with van der Waals surface area (Å²) in [5.74, 6) is 0.472. The highest BCUT2D eigenvalue weighted by atomic mass is 32.1. The van der Waals surface area contributed by atoms with E-state index in [1.165, 1.54) is 11.3 Å². The number of thiophene rings is 1. The number of aliphatic hydroxyl groups excluding tert-OH is 1. The van der Waals surface area contributed by atoms with Gasteiger partial charge in [-0.05, 0) is 22.4 Å². The molecule has 2 aromatic rings. The van der Waals surface area contributed by atoms with Crippen LogP contribution in [0.25, 0.3) is 0 Å². The summed E-state index contributed by atoms with van der Waals surface area (Å²) in [6, 6.07) is 3.13. The van der Waals surface area contributed by atoms with Crippen LogP contribution in [0, 0.1) is 0 Å². The molecule has 0 fully saturated rings. The zero-order valence-corrected chi connectivity index (χ0v) is 10.6. The lowest BCUT2D eigenvalue weighted by Gasteiger charge is -2.10. The van der Waals surface area contributed by atoms with E-state index in [4.69, 9.17) is 0 Å². The van der Waals surface area contributed by atoms with Gasteiger partial charge in [0.2, 0.25) is 0 Å². The topological polar surface area (TPSA) is 79.2 Å². The van der Waals surface area contributed by atoms with Crippen LogP contribution in [-0.4, -0.2) is 27.5 Å². The molecule has 0 bridgehead atoms. The molecule has 2 heterocycles. The number of anilines is 1. The zero-order chi connectivity index (χ0) is 13.0. The van der Waals surface area contributed by atoms with Gasteiger partial charge in [-0.1, -0.05) is 0 Å². The van der Waals surface area contributed by atoms with Crippen LogP contribution < -0.4 is 10.6 Å². The number of hydrogen-bond donors (Lipinski definition) is 3. The minimum Gasteiger partial charge on any atom is -0.387 e. The summed E-state index contributed by atoms with van der Waals surface area (Å²) < 4.78 is 1.59. The number of aromatic nitrogens is 2. The first-order valence-corrected chi connectivity index (χ1v) is 6.34. The van der Waals surface area contributed by atoms with Gasteiger partial charge in [0.15, 0.2) is 5.82 Å².